The molecule has 1 heterocycles. The van der Waals surface area contributed by atoms with Crippen molar-refractivity contribution in [2.24, 2.45) is 17.6 Å². The molecule has 2 fully saturated rings. The van der Waals surface area contributed by atoms with Crippen molar-refractivity contribution >= 4 is 17.8 Å². The molecule has 200 valence electrons. The van der Waals surface area contributed by atoms with E-state index in [-0.39, 0.29) is 23.9 Å². The van der Waals surface area contributed by atoms with Crippen molar-refractivity contribution in [3.63, 3.8) is 0 Å². The number of amides is 4. The van der Waals surface area contributed by atoms with Gasteiger partial charge in [0.2, 0.25) is 11.8 Å². The molecule has 1 aliphatic carbocycles. The first-order valence-electron chi connectivity index (χ1n) is 13.8. The van der Waals surface area contributed by atoms with Crippen molar-refractivity contribution in [3.05, 3.63) is 35.9 Å². The molecule has 1 unspecified atom stereocenters. The lowest BCUT2D eigenvalue weighted by Crippen LogP contribution is -2.56. The maximum Gasteiger partial charge on any atom is 0.320 e. The van der Waals surface area contributed by atoms with Crippen LogP contribution in [0, 0.1) is 11.8 Å². The minimum atomic E-state index is -1.16. The summed E-state index contributed by atoms with van der Waals surface area (Å²) < 4.78 is 0. The fourth-order valence-corrected chi connectivity index (χ4v) is 5.61. The second-order valence-electron chi connectivity index (χ2n) is 11.7. The largest absolute Gasteiger partial charge is 0.368 e. The monoisotopic (exact) mass is 498 g/mol. The zero-order chi connectivity index (χ0) is 26.3. The third-order valence-corrected chi connectivity index (χ3v) is 8.41. The molecule has 1 aromatic carbocycles. The minimum absolute atomic E-state index is 0.00105. The number of hydrogen-bond donors (Lipinski definition) is 2. The van der Waals surface area contributed by atoms with Gasteiger partial charge in [0.25, 0.3) is 0 Å². The SMILES string of the molecule is CCC(C)C[C@@]1(c2ccccc2)CCCN(CC(=O)NC(C)(C)C(N)=O)C(=O)N(CC2CCC2)CC1. The molecule has 3 N–H and O–H groups in total. The summed E-state index contributed by atoms with van der Waals surface area (Å²) in [5, 5.41) is 2.70. The molecule has 3 rings (SSSR count). The van der Waals surface area contributed by atoms with Crippen LogP contribution in [0.3, 0.4) is 0 Å². The molecular weight excluding hydrogens is 452 g/mol. The van der Waals surface area contributed by atoms with E-state index in [1.165, 1.54) is 12.0 Å². The van der Waals surface area contributed by atoms with Gasteiger partial charge in [0.15, 0.2) is 0 Å². The Morgan fingerprint density at radius 3 is 2.39 bits per heavy atom. The van der Waals surface area contributed by atoms with E-state index in [0.717, 1.165) is 51.5 Å². The average molecular weight is 499 g/mol. The number of benzene rings is 1. The molecular formula is C29H46N4O3. The number of hydrogen-bond acceptors (Lipinski definition) is 3. The summed E-state index contributed by atoms with van der Waals surface area (Å²) in [5.74, 6) is 0.166. The van der Waals surface area contributed by atoms with Crippen LogP contribution in [0.4, 0.5) is 4.79 Å². The lowest BCUT2D eigenvalue weighted by atomic mass is 9.68. The van der Waals surface area contributed by atoms with Crippen LogP contribution in [-0.2, 0) is 15.0 Å². The molecule has 0 bridgehead atoms. The van der Waals surface area contributed by atoms with Crippen molar-refractivity contribution in [2.45, 2.75) is 90.0 Å². The molecule has 1 aromatic rings. The van der Waals surface area contributed by atoms with Gasteiger partial charge in [0, 0.05) is 19.6 Å². The molecule has 7 nitrogen and oxygen atoms in total. The van der Waals surface area contributed by atoms with E-state index in [1.54, 1.807) is 18.7 Å². The first-order valence-corrected chi connectivity index (χ1v) is 13.8. The van der Waals surface area contributed by atoms with Gasteiger partial charge in [0.05, 0.1) is 0 Å². The van der Waals surface area contributed by atoms with Crippen molar-refractivity contribution in [2.75, 3.05) is 26.2 Å². The van der Waals surface area contributed by atoms with E-state index in [9.17, 15) is 14.4 Å². The Morgan fingerprint density at radius 2 is 1.81 bits per heavy atom. The maximum atomic E-state index is 13.8. The number of nitrogens with one attached hydrogen (secondary N) is 1. The predicted octanol–water partition coefficient (Wildman–Crippen LogP) is 4.45. The predicted molar refractivity (Wildman–Crippen MR) is 143 cm³/mol. The van der Waals surface area contributed by atoms with Crippen molar-refractivity contribution in [3.8, 4) is 0 Å². The van der Waals surface area contributed by atoms with E-state index < -0.39 is 11.4 Å². The van der Waals surface area contributed by atoms with E-state index in [4.69, 9.17) is 5.73 Å². The number of carbonyl (C=O) groups excluding carboxylic acids is 3. The summed E-state index contributed by atoms with van der Waals surface area (Å²) >= 11 is 0. The lowest BCUT2D eigenvalue weighted by Gasteiger charge is -2.39. The second kappa shape index (κ2) is 12.1. The van der Waals surface area contributed by atoms with Crippen LogP contribution < -0.4 is 11.1 Å². The number of primary amides is 1. The number of nitrogens with zero attached hydrogens (tertiary/aromatic N) is 2. The van der Waals surface area contributed by atoms with Gasteiger partial charge >= 0.3 is 6.03 Å². The van der Waals surface area contributed by atoms with Crippen LogP contribution in [-0.4, -0.2) is 59.4 Å². The molecule has 4 amide bonds. The average Bonchev–Trinajstić information content (AvgIpc) is 2.86. The highest BCUT2D eigenvalue weighted by atomic mass is 16.2. The van der Waals surface area contributed by atoms with Crippen LogP contribution in [0.15, 0.2) is 30.3 Å². The standard InChI is InChI=1S/C29H46N4O3/c1-5-22(2)19-29(24-13-7-6-8-14-24)15-10-17-32(21-25(34)31-28(3,4)26(30)35)27(36)33(18-16-29)20-23-11-9-12-23/h6-8,13-14,22-23H,5,9-12,15-21H2,1-4H3,(H2,30,35)(H,31,34)/t22?,29-/m1/s1. The van der Waals surface area contributed by atoms with Crippen LogP contribution in [0.2, 0.25) is 0 Å². The van der Waals surface area contributed by atoms with Crippen LogP contribution in [0.5, 0.6) is 0 Å². The Balaban J connectivity index is 1.86. The first-order chi connectivity index (χ1) is 17.1. The number of nitrogens with two attached hydrogens (primary N) is 1. The number of carbonyl (C=O) groups is 3. The van der Waals surface area contributed by atoms with Crippen LogP contribution in [0.25, 0.3) is 0 Å². The summed E-state index contributed by atoms with van der Waals surface area (Å²) in [7, 11) is 0. The number of rotatable bonds is 10. The van der Waals surface area contributed by atoms with E-state index in [2.05, 4.69) is 49.5 Å². The Bertz CT molecular complexity index is 899. The number of urea groups is 1. The molecule has 1 saturated heterocycles. The molecule has 36 heavy (non-hydrogen) atoms. The molecule has 1 aliphatic heterocycles. The Morgan fingerprint density at radius 1 is 1.11 bits per heavy atom. The van der Waals surface area contributed by atoms with E-state index >= 15 is 0 Å². The molecule has 0 aromatic heterocycles. The van der Waals surface area contributed by atoms with Crippen molar-refractivity contribution in [1.82, 2.24) is 15.1 Å². The summed E-state index contributed by atoms with van der Waals surface area (Å²) in [6.07, 6.45) is 8.48. The molecule has 1 saturated carbocycles. The van der Waals surface area contributed by atoms with Gasteiger partial charge in [-0.2, -0.15) is 0 Å². The van der Waals surface area contributed by atoms with Gasteiger partial charge in [-0.05, 0) is 75.2 Å². The highest BCUT2D eigenvalue weighted by Gasteiger charge is 2.38. The van der Waals surface area contributed by atoms with Gasteiger partial charge in [-0.1, -0.05) is 57.0 Å². The lowest BCUT2D eigenvalue weighted by molar-refractivity contribution is -0.130. The third-order valence-electron chi connectivity index (χ3n) is 8.41. The minimum Gasteiger partial charge on any atom is -0.368 e. The summed E-state index contributed by atoms with van der Waals surface area (Å²) in [5.41, 5.74) is 5.63. The summed E-state index contributed by atoms with van der Waals surface area (Å²) in [4.78, 5) is 42.0. The third kappa shape index (κ3) is 7.01. The molecule has 2 atom stereocenters. The fraction of sp³-hybridized carbons (Fsp3) is 0.690. The fourth-order valence-electron chi connectivity index (χ4n) is 5.61. The molecule has 0 spiro atoms. The zero-order valence-electron chi connectivity index (χ0n) is 22.7. The molecule has 7 heteroatoms. The Hall–Kier alpha value is -2.57. The van der Waals surface area contributed by atoms with Gasteiger partial charge < -0.3 is 20.9 Å². The van der Waals surface area contributed by atoms with Gasteiger partial charge in [0.1, 0.15) is 12.1 Å². The Labute approximate surface area is 217 Å². The van der Waals surface area contributed by atoms with Crippen molar-refractivity contribution in [1.29, 1.82) is 0 Å². The van der Waals surface area contributed by atoms with Gasteiger partial charge in [-0.15, -0.1) is 0 Å². The molecule has 0 radical (unpaired) electrons. The van der Waals surface area contributed by atoms with Gasteiger partial charge in [-0.3, -0.25) is 9.59 Å². The van der Waals surface area contributed by atoms with Crippen LogP contribution >= 0.6 is 0 Å². The molecule has 2 aliphatic rings. The second-order valence-corrected chi connectivity index (χ2v) is 11.7. The maximum absolute atomic E-state index is 13.8. The Kier molecular flexibility index (Phi) is 9.42. The van der Waals surface area contributed by atoms with E-state index in [1.807, 2.05) is 4.90 Å². The quantitative estimate of drug-likeness (QED) is 0.499. The topological polar surface area (TPSA) is 95.7 Å². The highest BCUT2D eigenvalue weighted by molar-refractivity contribution is 5.91. The highest BCUT2D eigenvalue weighted by Crippen LogP contribution is 2.41. The smallest absolute Gasteiger partial charge is 0.320 e. The summed E-state index contributed by atoms with van der Waals surface area (Å²) in [6, 6.07) is 10.7. The van der Waals surface area contributed by atoms with Crippen LogP contribution in [0.1, 0.15) is 84.6 Å². The van der Waals surface area contributed by atoms with E-state index in [0.29, 0.717) is 24.9 Å². The van der Waals surface area contributed by atoms with Crippen molar-refractivity contribution < 1.29 is 14.4 Å². The zero-order valence-corrected chi connectivity index (χ0v) is 22.7. The summed E-state index contributed by atoms with van der Waals surface area (Å²) in [6.45, 7) is 9.62. The first kappa shape index (κ1) is 28.0. The van der Waals surface area contributed by atoms with Gasteiger partial charge in [-0.25, -0.2) is 4.79 Å². The normalized spacial score (nSPS) is 22.7.